The highest BCUT2D eigenvalue weighted by molar-refractivity contribution is 6.01. The van der Waals surface area contributed by atoms with Gasteiger partial charge < -0.3 is 5.32 Å². The molecule has 0 bridgehead atoms. The number of anilines is 1. The lowest BCUT2D eigenvalue weighted by molar-refractivity contribution is -0.156. The zero-order valence-electron chi connectivity index (χ0n) is 13.7. The van der Waals surface area contributed by atoms with Gasteiger partial charge in [0, 0.05) is 5.69 Å². The second-order valence-corrected chi connectivity index (χ2v) is 5.42. The van der Waals surface area contributed by atoms with Crippen molar-refractivity contribution in [3.63, 3.8) is 0 Å². The summed E-state index contributed by atoms with van der Waals surface area (Å²) < 4.78 is 0. The molecule has 132 valence electrons. The Bertz CT molecular complexity index is 538. The lowest BCUT2D eigenvalue weighted by Crippen LogP contribution is -2.49. The van der Waals surface area contributed by atoms with Gasteiger partial charge in [0.15, 0.2) is 0 Å². The first-order chi connectivity index (χ1) is 11.5. The lowest BCUT2D eigenvalue weighted by Gasteiger charge is -2.23. The van der Waals surface area contributed by atoms with Gasteiger partial charge in [0.05, 0.1) is 12.5 Å². The van der Waals surface area contributed by atoms with Crippen molar-refractivity contribution in [2.45, 2.75) is 32.6 Å². The Morgan fingerprint density at radius 3 is 2.54 bits per heavy atom. The number of hydrazine groups is 1. The number of rotatable bonds is 9. The summed E-state index contributed by atoms with van der Waals surface area (Å²) in [5, 5.41) is 12.7. The topological polar surface area (TPSA) is 116 Å². The number of urea groups is 1. The maximum Gasteiger partial charge on any atom is 0.343 e. The molecule has 0 aliphatic carbocycles. The number of unbranched alkanes of at least 4 members (excludes halogenated alkanes) is 2. The standard InChI is InChI=1S/C16H24N4O4/c1-2-3-5-8-13(11-19(24)12-21)15(22)20(17)16(23)18-14-9-6-4-7-10-14/h4,6-7,9-10,12-13,24H,2-3,5,8,11,17H2,1H3,(H,18,23). The Balaban J connectivity index is 2.71. The number of hydroxylamine groups is 2. The van der Waals surface area contributed by atoms with Crippen molar-refractivity contribution < 1.29 is 19.6 Å². The van der Waals surface area contributed by atoms with E-state index in [1.54, 1.807) is 30.3 Å². The normalized spacial score (nSPS) is 11.5. The van der Waals surface area contributed by atoms with Crippen LogP contribution in [0.4, 0.5) is 10.5 Å². The van der Waals surface area contributed by atoms with Gasteiger partial charge in [-0.2, -0.15) is 5.01 Å². The predicted molar refractivity (Wildman–Crippen MR) is 88.7 cm³/mol. The first-order valence-electron chi connectivity index (χ1n) is 7.85. The van der Waals surface area contributed by atoms with Crippen LogP contribution in [-0.4, -0.2) is 40.2 Å². The Hall–Kier alpha value is -2.45. The Labute approximate surface area is 141 Å². The number of hydrogen-bond acceptors (Lipinski definition) is 5. The highest BCUT2D eigenvalue weighted by Gasteiger charge is 2.28. The van der Waals surface area contributed by atoms with E-state index in [9.17, 15) is 19.6 Å². The molecular formula is C16H24N4O4. The molecule has 24 heavy (non-hydrogen) atoms. The molecule has 0 aromatic heterocycles. The molecular weight excluding hydrogens is 312 g/mol. The minimum atomic E-state index is -0.776. The highest BCUT2D eigenvalue weighted by atomic mass is 16.5. The molecule has 0 aliphatic heterocycles. The molecule has 1 rings (SSSR count). The van der Waals surface area contributed by atoms with Crippen LogP contribution < -0.4 is 11.2 Å². The van der Waals surface area contributed by atoms with Crippen LogP contribution in [0.25, 0.3) is 0 Å². The van der Waals surface area contributed by atoms with Gasteiger partial charge in [-0.1, -0.05) is 44.4 Å². The molecule has 8 nitrogen and oxygen atoms in total. The average molecular weight is 336 g/mol. The van der Waals surface area contributed by atoms with E-state index in [0.717, 1.165) is 19.3 Å². The molecule has 4 N–H and O–H groups in total. The number of carbonyl (C=O) groups is 3. The number of nitrogens with zero attached hydrogens (tertiary/aromatic N) is 2. The average Bonchev–Trinajstić information content (AvgIpc) is 2.60. The third kappa shape index (κ3) is 6.35. The zero-order valence-corrected chi connectivity index (χ0v) is 13.7. The van der Waals surface area contributed by atoms with Crippen LogP contribution in [-0.2, 0) is 9.59 Å². The Morgan fingerprint density at radius 2 is 1.96 bits per heavy atom. The number of hydrogen-bond donors (Lipinski definition) is 3. The van der Waals surface area contributed by atoms with Crippen LogP contribution >= 0.6 is 0 Å². The van der Waals surface area contributed by atoms with E-state index in [4.69, 9.17) is 5.84 Å². The van der Waals surface area contributed by atoms with E-state index in [-0.39, 0.29) is 13.0 Å². The fraction of sp³-hybridized carbons (Fsp3) is 0.438. The van der Waals surface area contributed by atoms with Gasteiger partial charge in [-0.3, -0.25) is 14.8 Å². The van der Waals surface area contributed by atoms with Gasteiger partial charge in [0.1, 0.15) is 0 Å². The molecule has 1 aromatic carbocycles. The summed E-state index contributed by atoms with van der Waals surface area (Å²) in [4.78, 5) is 35.1. The third-order valence-corrected chi connectivity index (χ3v) is 3.52. The molecule has 4 amide bonds. The molecule has 0 saturated carbocycles. The number of nitrogens with two attached hydrogens (primary N) is 1. The maximum atomic E-state index is 12.4. The first kappa shape index (κ1) is 19.6. The SMILES string of the molecule is CCCCCC(CN(O)C=O)C(=O)N(N)C(=O)Nc1ccccc1. The van der Waals surface area contributed by atoms with Crippen LogP contribution in [0.1, 0.15) is 32.6 Å². The molecule has 1 unspecified atom stereocenters. The van der Waals surface area contributed by atoms with E-state index in [2.05, 4.69) is 5.32 Å². The summed E-state index contributed by atoms with van der Waals surface area (Å²) in [5.74, 6) is 4.21. The van der Waals surface area contributed by atoms with Gasteiger partial charge in [0.2, 0.25) is 12.3 Å². The number of nitrogens with one attached hydrogen (secondary N) is 1. The van der Waals surface area contributed by atoms with Gasteiger partial charge in [0.25, 0.3) is 0 Å². The first-order valence-corrected chi connectivity index (χ1v) is 7.85. The smallest absolute Gasteiger partial charge is 0.306 e. The fourth-order valence-corrected chi connectivity index (χ4v) is 2.20. The van der Waals surface area contributed by atoms with Crippen LogP contribution in [0, 0.1) is 5.92 Å². The number of carbonyl (C=O) groups excluding carboxylic acids is 3. The second-order valence-electron chi connectivity index (χ2n) is 5.42. The molecule has 0 saturated heterocycles. The van der Waals surface area contributed by atoms with E-state index in [1.807, 2.05) is 6.92 Å². The summed E-state index contributed by atoms with van der Waals surface area (Å²) in [6.45, 7) is 1.81. The zero-order chi connectivity index (χ0) is 17.9. The van der Waals surface area contributed by atoms with E-state index in [0.29, 0.717) is 22.2 Å². The van der Waals surface area contributed by atoms with Gasteiger partial charge >= 0.3 is 6.03 Å². The molecule has 0 radical (unpaired) electrons. The maximum absolute atomic E-state index is 12.4. The summed E-state index contributed by atoms with van der Waals surface area (Å²) in [6, 6.07) is 7.81. The lowest BCUT2D eigenvalue weighted by atomic mass is 10.00. The van der Waals surface area contributed by atoms with Crippen LogP contribution in [0.15, 0.2) is 30.3 Å². The monoisotopic (exact) mass is 336 g/mol. The number of para-hydroxylation sites is 1. The molecule has 0 fully saturated rings. The Kier molecular flexibility index (Phi) is 8.45. The quantitative estimate of drug-likeness (QED) is 0.159. The third-order valence-electron chi connectivity index (χ3n) is 3.52. The van der Waals surface area contributed by atoms with Crippen LogP contribution in [0.3, 0.4) is 0 Å². The predicted octanol–water partition coefficient (Wildman–Crippen LogP) is 1.96. The molecule has 0 aliphatic rings. The van der Waals surface area contributed by atoms with Crippen LogP contribution in [0.5, 0.6) is 0 Å². The molecule has 8 heteroatoms. The Morgan fingerprint density at radius 1 is 1.29 bits per heavy atom. The molecule has 0 heterocycles. The van der Waals surface area contributed by atoms with Crippen molar-refractivity contribution in [2.24, 2.45) is 11.8 Å². The summed E-state index contributed by atoms with van der Waals surface area (Å²) >= 11 is 0. The molecule has 1 atom stereocenters. The summed E-state index contributed by atoms with van der Waals surface area (Å²) in [6.07, 6.45) is 3.22. The summed E-state index contributed by atoms with van der Waals surface area (Å²) in [5.41, 5.74) is 0.505. The van der Waals surface area contributed by atoms with Gasteiger partial charge in [-0.15, -0.1) is 0 Å². The van der Waals surface area contributed by atoms with Crippen molar-refractivity contribution in [2.75, 3.05) is 11.9 Å². The highest BCUT2D eigenvalue weighted by Crippen LogP contribution is 2.14. The second kappa shape index (κ2) is 10.3. The van der Waals surface area contributed by atoms with Gasteiger partial charge in [-0.25, -0.2) is 15.7 Å². The fourth-order valence-electron chi connectivity index (χ4n) is 2.20. The van der Waals surface area contributed by atoms with Crippen molar-refractivity contribution in [1.82, 2.24) is 10.1 Å². The van der Waals surface area contributed by atoms with E-state index in [1.165, 1.54) is 0 Å². The molecule has 0 spiro atoms. The minimum Gasteiger partial charge on any atom is -0.306 e. The number of benzene rings is 1. The van der Waals surface area contributed by atoms with Crippen molar-refractivity contribution in [3.05, 3.63) is 30.3 Å². The minimum absolute atomic E-state index is 0.210. The molecule has 1 aromatic rings. The van der Waals surface area contributed by atoms with Gasteiger partial charge in [-0.05, 0) is 18.6 Å². The van der Waals surface area contributed by atoms with Crippen molar-refractivity contribution >= 4 is 24.0 Å². The van der Waals surface area contributed by atoms with Crippen molar-refractivity contribution in [3.8, 4) is 0 Å². The number of imide groups is 1. The van der Waals surface area contributed by atoms with E-state index >= 15 is 0 Å². The van der Waals surface area contributed by atoms with Crippen LogP contribution in [0.2, 0.25) is 0 Å². The number of amides is 4. The van der Waals surface area contributed by atoms with E-state index < -0.39 is 17.9 Å². The summed E-state index contributed by atoms with van der Waals surface area (Å²) in [7, 11) is 0. The largest absolute Gasteiger partial charge is 0.343 e. The van der Waals surface area contributed by atoms with Crippen molar-refractivity contribution in [1.29, 1.82) is 0 Å².